The van der Waals surface area contributed by atoms with Crippen LogP contribution in [0.4, 0.5) is 0 Å². The van der Waals surface area contributed by atoms with Crippen LogP contribution in [0.3, 0.4) is 0 Å². The van der Waals surface area contributed by atoms with Crippen LogP contribution in [0.2, 0.25) is 0 Å². The number of aliphatic carboxylic acids is 1. The van der Waals surface area contributed by atoms with Crippen molar-refractivity contribution in [1.82, 2.24) is 5.32 Å². The Bertz CT molecular complexity index is 797. The predicted octanol–water partition coefficient (Wildman–Crippen LogP) is -2.07. The van der Waals surface area contributed by atoms with Crippen molar-refractivity contribution in [2.45, 2.75) is 76.4 Å². The number of guanidine groups is 1. The Labute approximate surface area is 189 Å². The van der Waals surface area contributed by atoms with E-state index in [1.54, 1.807) is 0 Å². The number of carbonyl (C=O) groups excluding carboxylic acids is 4. The zero-order valence-corrected chi connectivity index (χ0v) is 18.6. The van der Waals surface area contributed by atoms with Crippen LogP contribution >= 0.6 is 0 Å². The van der Waals surface area contributed by atoms with Crippen LogP contribution in [0, 0.1) is 0 Å². The van der Waals surface area contributed by atoms with E-state index in [9.17, 15) is 34.2 Å². The average molecular weight is 474 g/mol. The maximum absolute atomic E-state index is 13.1. The molecular formula is C19H30N4O10. The molecular weight excluding hydrogens is 444 g/mol. The minimum atomic E-state index is -2.09. The van der Waals surface area contributed by atoms with E-state index >= 15 is 0 Å². The van der Waals surface area contributed by atoms with Gasteiger partial charge in [-0.05, 0) is 12.8 Å². The number of ether oxygens (including phenoxy) is 3. The minimum Gasteiger partial charge on any atom is -0.480 e. The van der Waals surface area contributed by atoms with E-state index in [2.05, 4.69) is 10.3 Å². The van der Waals surface area contributed by atoms with Gasteiger partial charge in [0.25, 0.3) is 5.91 Å². The smallest absolute Gasteiger partial charge is 0.326 e. The first-order valence-corrected chi connectivity index (χ1v) is 10.1. The van der Waals surface area contributed by atoms with Crippen molar-refractivity contribution in [2.24, 2.45) is 16.5 Å². The summed E-state index contributed by atoms with van der Waals surface area (Å²) in [7, 11) is 0. The molecule has 0 unspecified atom stereocenters. The van der Waals surface area contributed by atoms with Gasteiger partial charge in [-0.15, -0.1) is 0 Å². The Balaban J connectivity index is 3.17. The molecule has 0 aromatic heterocycles. The molecule has 14 heteroatoms. The topological polar surface area (TPSA) is 230 Å². The molecule has 0 bridgehead atoms. The highest BCUT2D eigenvalue weighted by Crippen LogP contribution is 2.36. The summed E-state index contributed by atoms with van der Waals surface area (Å²) in [6, 6.07) is -1.39. The van der Waals surface area contributed by atoms with E-state index in [4.69, 9.17) is 25.7 Å². The molecule has 1 saturated carbocycles. The second kappa shape index (κ2) is 12.0. The zero-order valence-electron chi connectivity index (χ0n) is 18.6. The maximum Gasteiger partial charge on any atom is 0.326 e. The lowest BCUT2D eigenvalue weighted by atomic mass is 9.78. The Morgan fingerprint density at radius 2 is 1.67 bits per heavy atom. The molecule has 0 aromatic carbocycles. The van der Waals surface area contributed by atoms with Gasteiger partial charge < -0.3 is 41.2 Å². The summed E-state index contributed by atoms with van der Waals surface area (Å²) in [6.07, 6.45) is -5.09. The van der Waals surface area contributed by atoms with Crippen molar-refractivity contribution < 1.29 is 48.4 Å². The molecule has 5 atom stereocenters. The van der Waals surface area contributed by atoms with Crippen molar-refractivity contribution in [3.63, 3.8) is 0 Å². The van der Waals surface area contributed by atoms with Crippen LogP contribution in [-0.4, -0.2) is 82.5 Å². The van der Waals surface area contributed by atoms with Crippen molar-refractivity contribution >= 4 is 35.7 Å². The molecule has 33 heavy (non-hydrogen) atoms. The molecule has 0 radical (unpaired) electrons. The maximum atomic E-state index is 13.1. The van der Waals surface area contributed by atoms with Gasteiger partial charge in [0.1, 0.15) is 12.1 Å². The highest BCUT2D eigenvalue weighted by Gasteiger charge is 2.55. The van der Waals surface area contributed by atoms with Crippen LogP contribution in [0.15, 0.2) is 4.99 Å². The standard InChI is InChI=1S/C19H30N4O10/c1-9(24)31-14-8-19(33-11(3)26,7-13(27)15(14)32-10(2)25)17(30)23-12(16(28)29)5-4-6-22-18(20)21/h12-15,27H,4-8H2,1-3H3,(H,23,30)(H,28,29)(H4,20,21,22)/t12-,13+,14+,15+,19-/m0/s1. The van der Waals surface area contributed by atoms with Crippen LogP contribution in [-0.2, 0) is 38.2 Å². The van der Waals surface area contributed by atoms with Crippen molar-refractivity contribution in [3.8, 4) is 0 Å². The molecule has 1 rings (SSSR count). The Morgan fingerprint density at radius 3 is 2.15 bits per heavy atom. The molecule has 0 heterocycles. The first-order valence-electron chi connectivity index (χ1n) is 10.1. The van der Waals surface area contributed by atoms with Crippen LogP contribution in [0.25, 0.3) is 0 Å². The van der Waals surface area contributed by atoms with E-state index in [-0.39, 0.29) is 25.3 Å². The third-order valence-electron chi connectivity index (χ3n) is 4.74. The molecule has 0 saturated heterocycles. The summed E-state index contributed by atoms with van der Waals surface area (Å²) in [5, 5.41) is 22.3. The quantitative estimate of drug-likeness (QED) is 0.0755. The monoisotopic (exact) mass is 474 g/mol. The molecule has 14 nitrogen and oxygen atoms in total. The third-order valence-corrected chi connectivity index (χ3v) is 4.74. The number of esters is 3. The third kappa shape index (κ3) is 8.56. The molecule has 0 aliphatic heterocycles. The second-order valence-electron chi connectivity index (χ2n) is 7.60. The molecule has 1 aliphatic carbocycles. The summed E-state index contributed by atoms with van der Waals surface area (Å²) in [5.41, 5.74) is 8.34. The fraction of sp³-hybridized carbons (Fsp3) is 0.684. The first kappa shape index (κ1) is 27.6. The Kier molecular flexibility index (Phi) is 10.0. The molecule has 1 amide bonds. The molecule has 0 spiro atoms. The van der Waals surface area contributed by atoms with Gasteiger partial charge >= 0.3 is 23.9 Å². The summed E-state index contributed by atoms with van der Waals surface area (Å²) in [5.74, 6) is -5.03. The number of hydrogen-bond donors (Lipinski definition) is 5. The zero-order chi connectivity index (χ0) is 25.3. The number of carboxylic acids is 1. The number of aliphatic hydroxyl groups excluding tert-OH is 1. The van der Waals surface area contributed by atoms with Gasteiger partial charge in [0.05, 0.1) is 6.10 Å². The van der Waals surface area contributed by atoms with Gasteiger partial charge in [-0.1, -0.05) is 0 Å². The van der Waals surface area contributed by atoms with Gasteiger partial charge in [0, 0.05) is 40.2 Å². The molecule has 1 fully saturated rings. The van der Waals surface area contributed by atoms with Crippen molar-refractivity contribution in [1.29, 1.82) is 0 Å². The van der Waals surface area contributed by atoms with Gasteiger partial charge in [-0.25, -0.2) is 4.79 Å². The van der Waals surface area contributed by atoms with E-state index in [1.165, 1.54) is 0 Å². The normalized spacial score (nSPS) is 25.2. The summed E-state index contributed by atoms with van der Waals surface area (Å²) in [6.45, 7) is 3.28. The number of aliphatic imine (C=N–C) groups is 1. The van der Waals surface area contributed by atoms with E-state index in [1.807, 2.05) is 0 Å². The predicted molar refractivity (Wildman–Crippen MR) is 110 cm³/mol. The average Bonchev–Trinajstić information content (AvgIpc) is 2.65. The van der Waals surface area contributed by atoms with E-state index in [0.29, 0.717) is 0 Å². The second-order valence-corrected chi connectivity index (χ2v) is 7.60. The fourth-order valence-corrected chi connectivity index (χ4v) is 3.54. The summed E-state index contributed by atoms with van der Waals surface area (Å²) in [4.78, 5) is 63.3. The molecule has 0 aromatic rings. The SMILES string of the molecule is CC(=O)O[C@@H]1[C@H](O)C[C@@](OC(C)=O)(C(=O)N[C@@H](CCCN=C(N)N)C(=O)O)C[C@H]1OC(C)=O. The highest BCUT2D eigenvalue weighted by molar-refractivity contribution is 5.91. The lowest BCUT2D eigenvalue weighted by Crippen LogP contribution is -2.63. The van der Waals surface area contributed by atoms with E-state index in [0.717, 1.165) is 20.8 Å². The summed E-state index contributed by atoms with van der Waals surface area (Å²) < 4.78 is 15.4. The van der Waals surface area contributed by atoms with Gasteiger partial charge in [-0.3, -0.25) is 24.2 Å². The highest BCUT2D eigenvalue weighted by atomic mass is 16.6. The number of nitrogens with one attached hydrogen (secondary N) is 1. The number of nitrogens with two attached hydrogens (primary N) is 2. The van der Waals surface area contributed by atoms with Crippen molar-refractivity contribution in [2.75, 3.05) is 6.54 Å². The minimum absolute atomic E-state index is 0.0556. The number of aliphatic hydroxyl groups is 1. The van der Waals surface area contributed by atoms with Crippen LogP contribution in [0.5, 0.6) is 0 Å². The van der Waals surface area contributed by atoms with Crippen LogP contribution < -0.4 is 16.8 Å². The van der Waals surface area contributed by atoms with Gasteiger partial charge in [0.2, 0.25) is 0 Å². The lowest BCUT2D eigenvalue weighted by molar-refractivity contribution is -0.209. The van der Waals surface area contributed by atoms with Gasteiger partial charge in [-0.2, -0.15) is 0 Å². The number of carbonyl (C=O) groups is 5. The first-order chi connectivity index (χ1) is 15.3. The Morgan fingerprint density at radius 1 is 1.06 bits per heavy atom. The molecule has 7 N–H and O–H groups in total. The molecule has 186 valence electrons. The number of nitrogens with zero attached hydrogens (tertiary/aromatic N) is 1. The number of rotatable bonds is 10. The number of amides is 1. The fourth-order valence-electron chi connectivity index (χ4n) is 3.54. The molecule has 1 aliphatic rings. The van der Waals surface area contributed by atoms with Crippen LogP contribution in [0.1, 0.15) is 46.5 Å². The Hall–Kier alpha value is -3.42. The number of carboxylic acid groups (broad SMARTS) is 1. The summed E-state index contributed by atoms with van der Waals surface area (Å²) >= 11 is 0. The largest absolute Gasteiger partial charge is 0.480 e. The van der Waals surface area contributed by atoms with E-state index < -0.39 is 72.6 Å². The lowest BCUT2D eigenvalue weighted by Gasteiger charge is -2.44. The van der Waals surface area contributed by atoms with Gasteiger partial charge in [0.15, 0.2) is 17.7 Å². The van der Waals surface area contributed by atoms with Crippen molar-refractivity contribution in [3.05, 3.63) is 0 Å². The number of hydrogen-bond acceptors (Lipinski definition) is 10.